The molecule has 2 atom stereocenters. The molecule has 0 fully saturated rings. The van der Waals surface area contributed by atoms with Gasteiger partial charge in [0.2, 0.25) is 0 Å². The first-order chi connectivity index (χ1) is 29.9. The van der Waals surface area contributed by atoms with Gasteiger partial charge in [-0.1, -0.05) is 166 Å². The first kappa shape index (κ1) is 37.3. The van der Waals surface area contributed by atoms with E-state index in [0.717, 1.165) is 6.42 Å². The third-order valence-electron chi connectivity index (χ3n) is 14.0. The molecule has 2 nitrogen and oxygen atoms in total. The second-order valence-corrected chi connectivity index (χ2v) is 21.3. The van der Waals surface area contributed by atoms with Crippen LogP contribution >= 0.6 is 0 Å². The number of allylic oxidation sites excluding steroid dienone is 8. The highest BCUT2D eigenvalue weighted by molar-refractivity contribution is 7.17. The molecule has 2 unspecified atom stereocenters. The Bertz CT molecular complexity index is 3330. The molecule has 2 heterocycles. The van der Waals surface area contributed by atoms with Gasteiger partial charge in [0.1, 0.15) is 0 Å². The second kappa shape index (κ2) is 14.2. The van der Waals surface area contributed by atoms with E-state index in [-0.39, 0.29) is 5.41 Å². The van der Waals surface area contributed by atoms with Gasteiger partial charge in [-0.05, 0) is 118 Å². The predicted octanol–water partition coefficient (Wildman–Crippen LogP) is 13.1. The Labute approximate surface area is 360 Å². The molecule has 2 aliphatic rings. The van der Waals surface area contributed by atoms with Gasteiger partial charge in [-0.25, -0.2) is 0 Å². The van der Waals surface area contributed by atoms with Crippen LogP contribution < -0.4 is 15.6 Å². The summed E-state index contributed by atoms with van der Waals surface area (Å²) in [4.78, 5) is 0. The van der Waals surface area contributed by atoms with E-state index in [1.807, 2.05) is 0 Å². The molecule has 2 aromatic heterocycles. The van der Waals surface area contributed by atoms with Crippen LogP contribution in [0.4, 0.5) is 0 Å². The fourth-order valence-corrected chi connectivity index (χ4v) is 16.4. The first-order valence-electron chi connectivity index (χ1n) is 21.9. The van der Waals surface area contributed by atoms with Crippen molar-refractivity contribution in [3.63, 3.8) is 0 Å². The Morgan fingerprint density at radius 3 is 1.97 bits per heavy atom. The summed E-state index contributed by atoms with van der Waals surface area (Å²) in [7, 11) is -3.09. The average molecular weight is 803 g/mol. The Morgan fingerprint density at radius 1 is 0.607 bits per heavy atom. The second-order valence-electron chi connectivity index (χ2n) is 17.6. The van der Waals surface area contributed by atoms with E-state index in [4.69, 9.17) is 0 Å². The van der Waals surface area contributed by atoms with Crippen molar-refractivity contribution in [2.45, 2.75) is 46.5 Å². The van der Waals surface area contributed by atoms with Gasteiger partial charge < -0.3 is 9.13 Å². The van der Waals surface area contributed by atoms with Crippen LogP contribution in [0.3, 0.4) is 0 Å². The lowest BCUT2D eigenvalue weighted by molar-refractivity contribution is 0.643. The van der Waals surface area contributed by atoms with E-state index in [1.165, 1.54) is 98.0 Å². The van der Waals surface area contributed by atoms with Crippen molar-refractivity contribution in [1.29, 1.82) is 0 Å². The largest absolute Gasteiger partial charge is 0.309 e. The molecule has 61 heavy (non-hydrogen) atoms. The van der Waals surface area contributed by atoms with E-state index in [1.54, 1.807) is 0 Å². The summed E-state index contributed by atoms with van der Waals surface area (Å²) in [5, 5.41) is 10.6. The third-order valence-corrected chi connectivity index (χ3v) is 18.9. The minimum absolute atomic E-state index is 0.0776. The van der Waals surface area contributed by atoms with Crippen molar-refractivity contribution in [3.05, 3.63) is 216 Å². The molecule has 0 saturated carbocycles. The molecule has 0 amide bonds. The standard InChI is InChI=1S/C58H50N2Si/c1-6-21-42(7-2)61(43-26-12-9-13-27-43,55-35-20-31-47-45-29-14-17-34-53(45)60(57(47)55)40-23-10-8-11-24-40)44-28-19-25-41(36-44)59-52-33-16-15-30-46(52)48-37-49-51(38-54(48)59)58(4,5)50-32-18-22-39(3)56(49)50/h6-21,23-39H,22H2,1-5H3/b21-6-,42-7+. The number of aromatic nitrogens is 2. The molecule has 7 aromatic carbocycles. The maximum atomic E-state index is 2.55. The summed E-state index contributed by atoms with van der Waals surface area (Å²) in [6, 6.07) is 62.0. The van der Waals surface area contributed by atoms with E-state index >= 15 is 0 Å². The van der Waals surface area contributed by atoms with Gasteiger partial charge in [-0.3, -0.25) is 0 Å². The number of fused-ring (bicyclic) bond motifs is 8. The summed E-state index contributed by atoms with van der Waals surface area (Å²) < 4.78 is 5.08. The maximum Gasteiger partial charge on any atom is 0.181 e. The van der Waals surface area contributed by atoms with E-state index < -0.39 is 8.07 Å². The van der Waals surface area contributed by atoms with E-state index in [0.29, 0.717) is 5.92 Å². The van der Waals surface area contributed by atoms with Crippen LogP contribution in [0.1, 0.15) is 52.2 Å². The number of benzene rings is 7. The lowest BCUT2D eigenvalue weighted by Crippen LogP contribution is -2.68. The molecule has 0 N–H and O–H groups in total. The number of para-hydroxylation sites is 4. The lowest BCUT2D eigenvalue weighted by atomic mass is 9.79. The predicted molar refractivity (Wildman–Crippen MR) is 264 cm³/mol. The normalized spacial score (nSPS) is 17.2. The van der Waals surface area contributed by atoms with Crippen LogP contribution in [0.15, 0.2) is 205 Å². The minimum atomic E-state index is -3.09. The van der Waals surface area contributed by atoms with E-state index in [9.17, 15) is 0 Å². The molecule has 296 valence electrons. The molecule has 0 radical (unpaired) electrons. The van der Waals surface area contributed by atoms with Crippen LogP contribution in [-0.2, 0) is 5.41 Å². The quantitative estimate of drug-likeness (QED) is 0.0863. The Hall–Kier alpha value is -6.68. The topological polar surface area (TPSA) is 9.86 Å². The molecule has 2 aliphatic carbocycles. The molecular formula is C58H50N2Si. The summed E-state index contributed by atoms with van der Waals surface area (Å²) in [5.74, 6) is 0.502. The highest BCUT2D eigenvalue weighted by Gasteiger charge is 2.45. The molecule has 0 spiro atoms. The van der Waals surface area contributed by atoms with Gasteiger partial charge in [0.25, 0.3) is 0 Å². The third kappa shape index (κ3) is 5.33. The van der Waals surface area contributed by atoms with Crippen LogP contribution in [0.2, 0.25) is 0 Å². The monoisotopic (exact) mass is 802 g/mol. The number of hydrogen-bond donors (Lipinski definition) is 0. The zero-order valence-electron chi connectivity index (χ0n) is 35.7. The molecule has 0 saturated heterocycles. The van der Waals surface area contributed by atoms with Crippen LogP contribution in [0.5, 0.6) is 0 Å². The number of hydrogen-bond acceptors (Lipinski definition) is 0. The lowest BCUT2D eigenvalue weighted by Gasteiger charge is -2.36. The van der Waals surface area contributed by atoms with E-state index in [2.05, 4.69) is 238 Å². The minimum Gasteiger partial charge on any atom is -0.309 e. The molecule has 0 bridgehead atoms. The molecule has 0 aliphatic heterocycles. The van der Waals surface area contributed by atoms with Crippen molar-refractivity contribution in [3.8, 4) is 11.4 Å². The smallest absolute Gasteiger partial charge is 0.181 e. The number of nitrogens with zero attached hydrogens (tertiary/aromatic N) is 2. The molecule has 3 heteroatoms. The number of rotatable bonds is 7. The summed E-state index contributed by atoms with van der Waals surface area (Å²) in [5.41, 5.74) is 13.1. The Balaban J connectivity index is 1.25. The molecule has 9 aromatic rings. The van der Waals surface area contributed by atoms with Crippen molar-refractivity contribution < 1.29 is 0 Å². The van der Waals surface area contributed by atoms with Crippen LogP contribution in [0, 0.1) is 5.92 Å². The highest BCUT2D eigenvalue weighted by Crippen LogP contribution is 2.53. The first-order valence-corrected chi connectivity index (χ1v) is 23.9. The van der Waals surface area contributed by atoms with Gasteiger partial charge in [-0.15, -0.1) is 0 Å². The zero-order chi connectivity index (χ0) is 41.5. The van der Waals surface area contributed by atoms with Crippen molar-refractivity contribution >= 4 is 72.8 Å². The fraction of sp³-hybridized carbons (Fsp3) is 0.138. The summed E-state index contributed by atoms with van der Waals surface area (Å²) >= 11 is 0. The van der Waals surface area contributed by atoms with Crippen LogP contribution in [0.25, 0.3) is 60.6 Å². The van der Waals surface area contributed by atoms with Gasteiger partial charge in [0.05, 0.1) is 22.1 Å². The molecular weight excluding hydrogens is 753 g/mol. The van der Waals surface area contributed by atoms with Gasteiger partial charge in [0, 0.05) is 38.3 Å². The molecule has 11 rings (SSSR count). The fourth-order valence-electron chi connectivity index (χ4n) is 11.3. The zero-order valence-corrected chi connectivity index (χ0v) is 36.7. The van der Waals surface area contributed by atoms with Crippen molar-refractivity contribution in [2.75, 3.05) is 0 Å². The summed E-state index contributed by atoms with van der Waals surface area (Å²) in [6.45, 7) is 11.6. The van der Waals surface area contributed by atoms with Crippen molar-refractivity contribution in [1.82, 2.24) is 9.13 Å². The SMILES string of the molecule is C/C=C\C(=C/C)[Si](c1ccccc1)(c1cccc(-n2c3ccccc3c3cc4c(cc32)C(C)(C)C2=C4C(C)CC=C2)c1)c1cccc2c3ccccc3n(-c3ccccc3)c12. The van der Waals surface area contributed by atoms with Gasteiger partial charge in [0.15, 0.2) is 8.07 Å². The van der Waals surface area contributed by atoms with Gasteiger partial charge in [-0.2, -0.15) is 0 Å². The average Bonchev–Trinajstić information content (AvgIpc) is 3.90. The van der Waals surface area contributed by atoms with Gasteiger partial charge >= 0.3 is 0 Å². The van der Waals surface area contributed by atoms with Crippen molar-refractivity contribution in [2.24, 2.45) is 5.92 Å². The highest BCUT2D eigenvalue weighted by atomic mass is 28.3. The van der Waals surface area contributed by atoms with Crippen LogP contribution in [-0.4, -0.2) is 17.2 Å². The Morgan fingerprint density at radius 2 is 1.23 bits per heavy atom. The maximum absolute atomic E-state index is 3.09. The Kier molecular flexibility index (Phi) is 8.70. The summed E-state index contributed by atoms with van der Waals surface area (Å²) in [6.07, 6.45) is 12.9.